The van der Waals surface area contributed by atoms with Crippen molar-refractivity contribution in [3.05, 3.63) is 42.5 Å². The number of anilines is 1. The SMILES string of the molecule is CN(C)CCN(CC(=O)N1CCN(c2ccc(-c3ccccc3)nn2)CC1)C(=O)C1CC1. The van der Waals surface area contributed by atoms with Gasteiger partial charge in [0.25, 0.3) is 0 Å². The average Bonchev–Trinajstić information content (AvgIpc) is 3.67. The molecule has 32 heavy (non-hydrogen) atoms. The molecule has 170 valence electrons. The van der Waals surface area contributed by atoms with Crippen LogP contribution in [-0.2, 0) is 9.59 Å². The van der Waals surface area contributed by atoms with Crippen LogP contribution in [0, 0.1) is 5.92 Å². The maximum absolute atomic E-state index is 12.9. The number of rotatable bonds is 8. The molecule has 0 N–H and O–H groups in total. The number of carbonyl (C=O) groups is 2. The molecule has 8 nitrogen and oxygen atoms in total. The molecule has 1 aromatic heterocycles. The van der Waals surface area contributed by atoms with Crippen molar-refractivity contribution in [2.75, 3.05) is 64.8 Å². The van der Waals surface area contributed by atoms with Gasteiger partial charge >= 0.3 is 0 Å². The molecule has 2 aromatic rings. The molecule has 8 heteroatoms. The summed E-state index contributed by atoms with van der Waals surface area (Å²) in [5.41, 5.74) is 1.89. The zero-order valence-corrected chi connectivity index (χ0v) is 19.0. The van der Waals surface area contributed by atoms with Gasteiger partial charge in [0, 0.05) is 50.7 Å². The molecule has 0 bridgehead atoms. The maximum Gasteiger partial charge on any atom is 0.242 e. The summed E-state index contributed by atoms with van der Waals surface area (Å²) < 4.78 is 0. The smallest absolute Gasteiger partial charge is 0.242 e. The minimum absolute atomic E-state index is 0.0305. The minimum atomic E-state index is 0.0305. The van der Waals surface area contributed by atoms with E-state index in [4.69, 9.17) is 0 Å². The van der Waals surface area contributed by atoms with Crippen molar-refractivity contribution in [3.8, 4) is 11.3 Å². The summed E-state index contributed by atoms with van der Waals surface area (Å²) in [6.07, 6.45) is 1.91. The quantitative estimate of drug-likeness (QED) is 0.626. The number of hydrogen-bond donors (Lipinski definition) is 0. The lowest BCUT2D eigenvalue weighted by atomic mass is 10.1. The summed E-state index contributed by atoms with van der Waals surface area (Å²) in [5.74, 6) is 1.11. The molecule has 1 saturated carbocycles. The van der Waals surface area contributed by atoms with E-state index < -0.39 is 0 Å². The van der Waals surface area contributed by atoms with Crippen molar-refractivity contribution in [1.29, 1.82) is 0 Å². The van der Waals surface area contributed by atoms with Gasteiger partial charge in [0.1, 0.15) is 0 Å². The van der Waals surface area contributed by atoms with E-state index in [1.807, 2.05) is 66.4 Å². The van der Waals surface area contributed by atoms with Crippen molar-refractivity contribution in [2.45, 2.75) is 12.8 Å². The second-order valence-corrected chi connectivity index (χ2v) is 8.85. The molecule has 0 spiro atoms. The lowest BCUT2D eigenvalue weighted by Gasteiger charge is -2.36. The molecule has 2 heterocycles. The predicted octanol–water partition coefficient (Wildman–Crippen LogP) is 1.59. The number of benzene rings is 1. The maximum atomic E-state index is 12.9. The zero-order chi connectivity index (χ0) is 22.5. The average molecular weight is 437 g/mol. The minimum Gasteiger partial charge on any atom is -0.352 e. The largest absolute Gasteiger partial charge is 0.352 e. The summed E-state index contributed by atoms with van der Waals surface area (Å²) in [5, 5.41) is 8.78. The first-order valence-electron chi connectivity index (χ1n) is 11.4. The fourth-order valence-corrected chi connectivity index (χ4v) is 3.88. The molecule has 4 rings (SSSR count). The van der Waals surface area contributed by atoms with Crippen LogP contribution < -0.4 is 4.90 Å². The first kappa shape index (κ1) is 22.2. The van der Waals surface area contributed by atoms with Gasteiger partial charge in [0.2, 0.25) is 11.8 Å². The van der Waals surface area contributed by atoms with E-state index in [1.165, 1.54) is 0 Å². The van der Waals surface area contributed by atoms with Crippen LogP contribution in [0.5, 0.6) is 0 Å². The van der Waals surface area contributed by atoms with Gasteiger partial charge in [0.15, 0.2) is 5.82 Å². The van der Waals surface area contributed by atoms with Crippen molar-refractivity contribution >= 4 is 17.6 Å². The van der Waals surface area contributed by atoms with Gasteiger partial charge in [-0.2, -0.15) is 0 Å². The molecule has 2 aliphatic rings. The monoisotopic (exact) mass is 436 g/mol. The van der Waals surface area contributed by atoms with Crippen LogP contribution in [0.1, 0.15) is 12.8 Å². The van der Waals surface area contributed by atoms with E-state index in [1.54, 1.807) is 4.90 Å². The number of likely N-dealkylation sites (N-methyl/N-ethyl adjacent to an activating group) is 1. The van der Waals surface area contributed by atoms with E-state index in [0.717, 1.165) is 36.5 Å². The highest BCUT2D eigenvalue weighted by molar-refractivity contribution is 5.87. The first-order chi connectivity index (χ1) is 15.5. The molecule has 0 atom stereocenters. The van der Waals surface area contributed by atoms with Gasteiger partial charge < -0.3 is 19.6 Å². The van der Waals surface area contributed by atoms with E-state index >= 15 is 0 Å². The Labute approximate surface area is 189 Å². The third-order valence-electron chi connectivity index (χ3n) is 6.06. The zero-order valence-electron chi connectivity index (χ0n) is 19.0. The van der Waals surface area contributed by atoms with E-state index in [-0.39, 0.29) is 24.3 Å². The Morgan fingerprint density at radius 3 is 2.25 bits per heavy atom. The lowest BCUT2D eigenvalue weighted by molar-refractivity contribution is -0.141. The van der Waals surface area contributed by atoms with Gasteiger partial charge in [-0.1, -0.05) is 30.3 Å². The summed E-state index contributed by atoms with van der Waals surface area (Å²) >= 11 is 0. The van der Waals surface area contributed by atoms with E-state index in [0.29, 0.717) is 32.7 Å². The Kier molecular flexibility index (Phi) is 6.99. The van der Waals surface area contributed by atoms with Crippen LogP contribution in [0.2, 0.25) is 0 Å². The third-order valence-corrected chi connectivity index (χ3v) is 6.06. The van der Waals surface area contributed by atoms with Crippen molar-refractivity contribution < 1.29 is 9.59 Å². The molecule has 1 aromatic carbocycles. The third kappa shape index (κ3) is 5.62. The highest BCUT2D eigenvalue weighted by atomic mass is 16.2. The standard InChI is InChI=1S/C24H32N6O2/c1-27(2)12-13-30(24(32)20-8-9-20)18-23(31)29-16-14-28(15-17-29)22-11-10-21(25-26-22)19-6-4-3-5-7-19/h3-7,10-11,20H,8-9,12-18H2,1-2H3. The summed E-state index contributed by atoms with van der Waals surface area (Å²) in [4.78, 5) is 33.3. The Bertz CT molecular complexity index is 906. The van der Waals surface area contributed by atoms with Gasteiger partial charge in [-0.25, -0.2) is 0 Å². The first-order valence-corrected chi connectivity index (χ1v) is 11.4. The molecule has 0 unspecified atom stereocenters. The molecule has 2 amide bonds. The van der Waals surface area contributed by atoms with Gasteiger partial charge in [-0.3, -0.25) is 9.59 Å². The number of nitrogens with zero attached hydrogens (tertiary/aromatic N) is 6. The van der Waals surface area contributed by atoms with Gasteiger partial charge in [-0.15, -0.1) is 10.2 Å². The van der Waals surface area contributed by atoms with Crippen LogP contribution in [0.4, 0.5) is 5.82 Å². The Morgan fingerprint density at radius 1 is 0.938 bits per heavy atom. The molecule has 1 saturated heterocycles. The summed E-state index contributed by atoms with van der Waals surface area (Å²) in [6, 6.07) is 14.0. The fraction of sp³-hybridized carbons (Fsp3) is 0.500. The van der Waals surface area contributed by atoms with Gasteiger partial charge in [-0.05, 0) is 39.1 Å². The van der Waals surface area contributed by atoms with Crippen LogP contribution in [0.15, 0.2) is 42.5 Å². The second kappa shape index (κ2) is 10.1. The van der Waals surface area contributed by atoms with Crippen molar-refractivity contribution in [3.63, 3.8) is 0 Å². The van der Waals surface area contributed by atoms with Crippen LogP contribution in [-0.4, -0.2) is 96.6 Å². The Balaban J connectivity index is 1.30. The van der Waals surface area contributed by atoms with Crippen molar-refractivity contribution in [2.24, 2.45) is 5.92 Å². The molecule has 2 fully saturated rings. The lowest BCUT2D eigenvalue weighted by Crippen LogP contribution is -2.52. The molecular formula is C24H32N6O2. The summed E-state index contributed by atoms with van der Waals surface area (Å²) in [7, 11) is 3.96. The number of carbonyl (C=O) groups excluding carboxylic acids is 2. The summed E-state index contributed by atoms with van der Waals surface area (Å²) in [6.45, 7) is 4.20. The molecule has 1 aliphatic heterocycles. The van der Waals surface area contributed by atoms with Gasteiger partial charge in [0.05, 0.1) is 12.2 Å². The molecular weight excluding hydrogens is 404 g/mol. The van der Waals surface area contributed by atoms with Crippen LogP contribution in [0.3, 0.4) is 0 Å². The number of piperazine rings is 1. The van der Waals surface area contributed by atoms with Crippen LogP contribution in [0.25, 0.3) is 11.3 Å². The number of aromatic nitrogens is 2. The predicted molar refractivity (Wildman–Crippen MR) is 124 cm³/mol. The van der Waals surface area contributed by atoms with Crippen molar-refractivity contribution in [1.82, 2.24) is 24.9 Å². The molecule has 1 aliphatic carbocycles. The van der Waals surface area contributed by atoms with E-state index in [2.05, 4.69) is 15.1 Å². The fourth-order valence-electron chi connectivity index (χ4n) is 3.88. The van der Waals surface area contributed by atoms with E-state index in [9.17, 15) is 9.59 Å². The Morgan fingerprint density at radius 2 is 1.66 bits per heavy atom. The number of amides is 2. The molecule has 0 radical (unpaired) electrons. The topological polar surface area (TPSA) is 72.9 Å². The van der Waals surface area contributed by atoms with Crippen LogP contribution >= 0.6 is 0 Å². The Hall–Kier alpha value is -3.00. The number of hydrogen-bond acceptors (Lipinski definition) is 6. The highest BCUT2D eigenvalue weighted by Gasteiger charge is 2.35. The second-order valence-electron chi connectivity index (χ2n) is 8.85. The normalized spacial score (nSPS) is 16.3. The highest BCUT2D eigenvalue weighted by Crippen LogP contribution is 2.31.